The first kappa shape index (κ1) is 19.2. The van der Waals surface area contributed by atoms with Crippen LogP contribution in [0.2, 0.25) is 0 Å². The Morgan fingerprint density at radius 3 is 2.65 bits per heavy atom. The fourth-order valence-corrected chi connectivity index (χ4v) is 4.62. The maximum Gasteiger partial charge on any atom is 0.312 e. The molecule has 0 radical (unpaired) electrons. The molecule has 0 unspecified atom stereocenters. The molecule has 0 saturated heterocycles. The van der Waals surface area contributed by atoms with E-state index in [-0.39, 0.29) is 52.1 Å². The van der Waals surface area contributed by atoms with Gasteiger partial charge in [0.25, 0.3) is 0 Å². The summed E-state index contributed by atoms with van der Waals surface area (Å²) < 4.78 is 16.5. The van der Waals surface area contributed by atoms with Crippen LogP contribution >= 0.6 is 11.3 Å². The van der Waals surface area contributed by atoms with Gasteiger partial charge >= 0.3 is 5.97 Å². The minimum atomic E-state index is -0.451. The molecule has 0 bridgehead atoms. The Labute approximate surface area is 179 Å². The molecule has 1 aliphatic heterocycles. The van der Waals surface area contributed by atoms with Gasteiger partial charge < -0.3 is 24.1 Å². The lowest BCUT2D eigenvalue weighted by Crippen LogP contribution is -2.21. The van der Waals surface area contributed by atoms with Crippen LogP contribution in [0.4, 0.5) is 0 Å². The highest BCUT2D eigenvalue weighted by Crippen LogP contribution is 2.46. The minimum Gasteiger partial charge on any atom is -0.507 e. The quantitative estimate of drug-likeness (QED) is 0.363. The molecule has 3 heterocycles. The van der Waals surface area contributed by atoms with E-state index in [0.29, 0.717) is 11.1 Å². The van der Waals surface area contributed by atoms with Crippen molar-refractivity contribution in [1.29, 1.82) is 0 Å². The molecule has 0 amide bonds. The Hall–Kier alpha value is -3.78. The third-order valence-electron chi connectivity index (χ3n) is 5.33. The van der Waals surface area contributed by atoms with E-state index in [0.717, 1.165) is 5.56 Å². The number of phenolic OH excluding ortho intramolecular Hbond substituents is 2. The van der Waals surface area contributed by atoms with Gasteiger partial charge in [-0.3, -0.25) is 9.59 Å². The third kappa shape index (κ3) is 3.12. The van der Waals surface area contributed by atoms with E-state index in [2.05, 4.69) is 0 Å². The largest absolute Gasteiger partial charge is 0.507 e. The molecule has 2 aromatic heterocycles. The van der Waals surface area contributed by atoms with Crippen LogP contribution in [0, 0.1) is 0 Å². The van der Waals surface area contributed by atoms with Crippen molar-refractivity contribution in [3.8, 4) is 34.3 Å². The summed E-state index contributed by atoms with van der Waals surface area (Å²) in [5.74, 6) is -0.601. The summed E-state index contributed by atoms with van der Waals surface area (Å²) in [6, 6.07) is 9.07. The molecule has 156 valence electrons. The molecule has 7 nitrogen and oxygen atoms in total. The van der Waals surface area contributed by atoms with Gasteiger partial charge in [-0.1, -0.05) is 0 Å². The number of carbonyl (C=O) groups excluding carboxylic acids is 1. The van der Waals surface area contributed by atoms with Gasteiger partial charge in [-0.2, -0.15) is 11.3 Å². The van der Waals surface area contributed by atoms with E-state index in [1.807, 2.05) is 16.8 Å². The van der Waals surface area contributed by atoms with Crippen molar-refractivity contribution in [3.05, 3.63) is 68.5 Å². The van der Waals surface area contributed by atoms with Crippen molar-refractivity contribution in [2.75, 3.05) is 7.11 Å². The number of benzene rings is 2. The molecule has 0 aliphatic carbocycles. The number of carbonyl (C=O) groups is 1. The molecule has 0 saturated carbocycles. The van der Waals surface area contributed by atoms with Crippen LogP contribution in [0.15, 0.2) is 56.4 Å². The number of thiophene rings is 1. The topological polar surface area (TPSA) is 106 Å². The standard InChI is InChI=1S/C23H16O7S/c1-28-17-3-2-11(6-14(17)24)18-8-15(25)22-16(26)9-19-21(23(22)30-18)13(7-20(27)29-19)12-4-5-31-10-12/h2-6,8-10,13,24,26H,7H2,1H3/t13-/m1/s1. The van der Waals surface area contributed by atoms with E-state index < -0.39 is 11.4 Å². The number of rotatable bonds is 3. The molecule has 0 fully saturated rings. The number of esters is 1. The average molecular weight is 436 g/mol. The molecule has 4 aromatic rings. The highest BCUT2D eigenvalue weighted by atomic mass is 32.1. The summed E-state index contributed by atoms with van der Waals surface area (Å²) >= 11 is 1.49. The Balaban J connectivity index is 1.80. The van der Waals surface area contributed by atoms with Crippen LogP contribution in [-0.2, 0) is 4.79 Å². The van der Waals surface area contributed by atoms with Gasteiger partial charge in [-0.25, -0.2) is 0 Å². The maximum absolute atomic E-state index is 12.9. The van der Waals surface area contributed by atoms with Crippen LogP contribution in [-0.4, -0.2) is 23.3 Å². The zero-order valence-corrected chi connectivity index (χ0v) is 17.1. The number of hydrogen-bond donors (Lipinski definition) is 2. The van der Waals surface area contributed by atoms with Crippen molar-refractivity contribution in [2.45, 2.75) is 12.3 Å². The van der Waals surface area contributed by atoms with Crippen LogP contribution < -0.4 is 14.9 Å². The zero-order chi connectivity index (χ0) is 21.7. The number of aromatic hydroxyl groups is 2. The molecule has 2 aromatic carbocycles. The summed E-state index contributed by atoms with van der Waals surface area (Å²) in [7, 11) is 1.44. The first-order valence-corrected chi connectivity index (χ1v) is 10.3. The Morgan fingerprint density at radius 2 is 1.94 bits per heavy atom. The second kappa shape index (κ2) is 7.17. The zero-order valence-electron chi connectivity index (χ0n) is 16.2. The Kier molecular flexibility index (Phi) is 4.44. The second-order valence-electron chi connectivity index (χ2n) is 7.16. The molecular weight excluding hydrogens is 420 g/mol. The van der Waals surface area contributed by atoms with Crippen molar-refractivity contribution in [3.63, 3.8) is 0 Å². The van der Waals surface area contributed by atoms with Crippen molar-refractivity contribution >= 4 is 28.3 Å². The summed E-state index contributed by atoms with van der Waals surface area (Å²) in [6.07, 6.45) is 0.0842. The fourth-order valence-electron chi connectivity index (χ4n) is 3.90. The summed E-state index contributed by atoms with van der Waals surface area (Å²) in [5.41, 5.74) is 1.58. The summed E-state index contributed by atoms with van der Waals surface area (Å²) in [4.78, 5) is 25.1. The van der Waals surface area contributed by atoms with Crippen molar-refractivity contribution in [1.82, 2.24) is 0 Å². The summed E-state index contributed by atoms with van der Waals surface area (Å²) in [5, 5.41) is 24.4. The Bertz CT molecular complexity index is 1390. The van der Waals surface area contributed by atoms with Crippen LogP contribution in [0.5, 0.6) is 23.0 Å². The van der Waals surface area contributed by atoms with E-state index >= 15 is 0 Å². The number of methoxy groups -OCH3 is 1. The highest BCUT2D eigenvalue weighted by molar-refractivity contribution is 7.08. The van der Waals surface area contributed by atoms with Gasteiger partial charge in [-0.05, 0) is 40.6 Å². The number of phenols is 2. The predicted octanol–water partition coefficient (Wildman–Crippen LogP) is 4.38. The maximum atomic E-state index is 12.9. The third-order valence-corrected chi connectivity index (χ3v) is 6.04. The minimum absolute atomic E-state index is 0.0124. The van der Waals surface area contributed by atoms with E-state index in [9.17, 15) is 19.8 Å². The van der Waals surface area contributed by atoms with Crippen molar-refractivity contribution < 1.29 is 28.9 Å². The van der Waals surface area contributed by atoms with Crippen molar-refractivity contribution in [2.24, 2.45) is 0 Å². The molecule has 5 rings (SSSR count). The summed E-state index contributed by atoms with van der Waals surface area (Å²) in [6.45, 7) is 0. The molecule has 31 heavy (non-hydrogen) atoms. The lowest BCUT2D eigenvalue weighted by molar-refractivity contribution is -0.135. The fraction of sp³-hybridized carbons (Fsp3) is 0.130. The van der Waals surface area contributed by atoms with Crippen LogP contribution in [0.1, 0.15) is 23.5 Å². The monoisotopic (exact) mass is 436 g/mol. The predicted molar refractivity (Wildman–Crippen MR) is 114 cm³/mol. The number of hydrogen-bond acceptors (Lipinski definition) is 8. The normalized spacial score (nSPS) is 15.5. The van der Waals surface area contributed by atoms with Crippen LogP contribution in [0.25, 0.3) is 22.3 Å². The molecule has 1 atom stereocenters. The van der Waals surface area contributed by atoms with Gasteiger partial charge in [0.05, 0.1) is 13.5 Å². The highest BCUT2D eigenvalue weighted by Gasteiger charge is 2.33. The first-order valence-electron chi connectivity index (χ1n) is 9.40. The van der Waals surface area contributed by atoms with E-state index in [1.165, 1.54) is 36.6 Å². The SMILES string of the molecule is COc1ccc(-c2cc(=O)c3c(O)cc4c(c3o2)[C@@H](c2ccsc2)CC(=O)O4)cc1O. The molecular formula is C23H16O7S. The smallest absolute Gasteiger partial charge is 0.312 e. The first-order chi connectivity index (χ1) is 15.0. The number of ether oxygens (including phenoxy) is 2. The number of fused-ring (bicyclic) bond motifs is 3. The lowest BCUT2D eigenvalue weighted by Gasteiger charge is -2.25. The Morgan fingerprint density at radius 1 is 1.10 bits per heavy atom. The molecule has 0 spiro atoms. The van der Waals surface area contributed by atoms with E-state index in [4.69, 9.17) is 13.9 Å². The second-order valence-corrected chi connectivity index (χ2v) is 7.94. The molecule has 8 heteroatoms. The lowest BCUT2D eigenvalue weighted by atomic mass is 9.86. The van der Waals surface area contributed by atoms with Gasteiger partial charge in [-0.15, -0.1) is 0 Å². The molecule has 1 aliphatic rings. The average Bonchev–Trinajstić information content (AvgIpc) is 3.27. The molecule has 2 N–H and O–H groups in total. The van der Waals surface area contributed by atoms with Gasteiger partial charge in [0, 0.05) is 29.2 Å². The van der Waals surface area contributed by atoms with Crippen LogP contribution in [0.3, 0.4) is 0 Å². The van der Waals surface area contributed by atoms with Gasteiger partial charge in [0.2, 0.25) is 0 Å². The van der Waals surface area contributed by atoms with Gasteiger partial charge in [0.15, 0.2) is 16.9 Å². The van der Waals surface area contributed by atoms with E-state index in [1.54, 1.807) is 12.1 Å². The van der Waals surface area contributed by atoms with Gasteiger partial charge in [0.1, 0.15) is 28.2 Å².